The van der Waals surface area contributed by atoms with Crippen LogP contribution in [-0.2, 0) is 6.42 Å². The quantitative estimate of drug-likeness (QED) is 0.400. The van der Waals surface area contributed by atoms with Crippen molar-refractivity contribution in [2.75, 3.05) is 32.7 Å². The van der Waals surface area contributed by atoms with Crippen molar-refractivity contribution in [1.29, 1.82) is 0 Å². The molecule has 0 unspecified atom stereocenters. The number of thioether (sulfide) groups is 1. The zero-order valence-electron chi connectivity index (χ0n) is 21.6. The fourth-order valence-electron chi connectivity index (χ4n) is 4.53. The Morgan fingerprint density at radius 1 is 1.14 bits per heavy atom. The molecule has 0 saturated carbocycles. The van der Waals surface area contributed by atoms with Gasteiger partial charge in [0.05, 0.1) is 30.2 Å². The lowest BCUT2D eigenvalue weighted by atomic mass is 9.93. The summed E-state index contributed by atoms with van der Waals surface area (Å²) in [4.78, 5) is 19.5. The van der Waals surface area contributed by atoms with Crippen LogP contribution in [0.5, 0.6) is 11.5 Å². The van der Waals surface area contributed by atoms with E-state index in [0.717, 1.165) is 59.2 Å². The summed E-state index contributed by atoms with van der Waals surface area (Å²) >= 11 is 1.31. The number of fused-ring (bicyclic) bond motifs is 1. The van der Waals surface area contributed by atoms with E-state index >= 15 is 0 Å². The van der Waals surface area contributed by atoms with Crippen molar-refractivity contribution in [3.63, 3.8) is 0 Å². The predicted octanol–water partition coefficient (Wildman–Crippen LogP) is 5.59. The van der Waals surface area contributed by atoms with Crippen LogP contribution in [0.3, 0.4) is 0 Å². The van der Waals surface area contributed by atoms with Crippen LogP contribution in [0.15, 0.2) is 46.5 Å². The zero-order valence-corrected chi connectivity index (χ0v) is 22.4. The number of ether oxygens (including phenoxy) is 2. The normalized spacial score (nSPS) is 17.9. The first-order valence-corrected chi connectivity index (χ1v) is 12.7. The van der Waals surface area contributed by atoms with E-state index in [1.807, 2.05) is 18.2 Å². The lowest BCUT2D eigenvalue weighted by Crippen LogP contribution is -2.40. The van der Waals surface area contributed by atoms with E-state index < -0.39 is 4.75 Å². The maximum absolute atomic E-state index is 12.2. The van der Waals surface area contributed by atoms with Crippen LogP contribution < -0.4 is 14.4 Å². The second-order valence-corrected chi connectivity index (χ2v) is 11.1. The second kappa shape index (κ2) is 9.93. The standard InChI is InChI=1S/C27H34N4O3S/c1-17(2)28-25(21-12-11-20(33-6)16-23(21)34-7)31-14-8-9-18-15-19(10-13-22(18)31)24-27(3,4)35-26(32)30(5)29-24/h10-13,15-17H,8-9,14H2,1-7H3. The summed E-state index contributed by atoms with van der Waals surface area (Å²) in [6.45, 7) is 9.14. The molecule has 0 radical (unpaired) electrons. The first-order valence-electron chi connectivity index (χ1n) is 11.9. The smallest absolute Gasteiger partial charge is 0.302 e. The third-order valence-electron chi connectivity index (χ3n) is 6.18. The van der Waals surface area contributed by atoms with Gasteiger partial charge in [0.2, 0.25) is 0 Å². The van der Waals surface area contributed by atoms with Gasteiger partial charge in [-0.2, -0.15) is 5.10 Å². The van der Waals surface area contributed by atoms with Crippen LogP contribution >= 0.6 is 11.8 Å². The molecule has 0 spiro atoms. The van der Waals surface area contributed by atoms with Gasteiger partial charge in [0.1, 0.15) is 17.3 Å². The van der Waals surface area contributed by atoms with Crippen LogP contribution in [0.4, 0.5) is 10.5 Å². The van der Waals surface area contributed by atoms with Gasteiger partial charge in [-0.05, 0) is 75.9 Å². The number of rotatable bonds is 5. The Morgan fingerprint density at radius 3 is 2.60 bits per heavy atom. The van der Waals surface area contributed by atoms with Crippen LogP contribution in [0.1, 0.15) is 50.8 Å². The number of methoxy groups -OCH3 is 2. The van der Waals surface area contributed by atoms with Gasteiger partial charge in [-0.25, -0.2) is 5.01 Å². The third-order valence-corrected chi connectivity index (χ3v) is 7.33. The Bertz CT molecular complexity index is 1190. The van der Waals surface area contributed by atoms with E-state index in [-0.39, 0.29) is 11.3 Å². The number of carbonyl (C=O) groups excluding carboxylic acids is 1. The van der Waals surface area contributed by atoms with Gasteiger partial charge < -0.3 is 14.4 Å². The first kappa shape index (κ1) is 25.1. The number of amides is 1. The molecule has 0 bridgehead atoms. The van der Waals surface area contributed by atoms with Gasteiger partial charge in [0.25, 0.3) is 0 Å². The summed E-state index contributed by atoms with van der Waals surface area (Å²) < 4.78 is 10.7. The van der Waals surface area contributed by atoms with Crippen LogP contribution in [-0.4, -0.2) is 60.4 Å². The minimum absolute atomic E-state index is 0.0362. The minimum atomic E-state index is -0.396. The molecular weight excluding hydrogens is 460 g/mol. The van der Waals surface area contributed by atoms with Crippen molar-refractivity contribution in [2.45, 2.75) is 51.3 Å². The Morgan fingerprint density at radius 2 is 1.91 bits per heavy atom. The van der Waals surface area contributed by atoms with E-state index in [1.54, 1.807) is 21.3 Å². The van der Waals surface area contributed by atoms with Gasteiger partial charge in [-0.3, -0.25) is 9.79 Å². The molecule has 0 aliphatic carbocycles. The van der Waals surface area contributed by atoms with E-state index in [2.05, 4.69) is 55.9 Å². The second-order valence-electron chi connectivity index (χ2n) is 9.56. The fourth-order valence-corrected chi connectivity index (χ4v) is 5.39. The molecule has 8 heteroatoms. The largest absolute Gasteiger partial charge is 0.497 e. The lowest BCUT2D eigenvalue weighted by molar-refractivity contribution is 0.234. The molecule has 2 heterocycles. The van der Waals surface area contributed by atoms with Crippen molar-refractivity contribution < 1.29 is 14.3 Å². The summed E-state index contributed by atoms with van der Waals surface area (Å²) in [7, 11) is 5.04. The van der Waals surface area contributed by atoms with Gasteiger partial charge in [-0.1, -0.05) is 17.8 Å². The molecule has 0 N–H and O–H groups in total. The van der Waals surface area contributed by atoms with Crippen molar-refractivity contribution in [3.05, 3.63) is 53.1 Å². The number of aryl methyl sites for hydroxylation is 1. The van der Waals surface area contributed by atoms with Crippen molar-refractivity contribution in [1.82, 2.24) is 5.01 Å². The zero-order chi connectivity index (χ0) is 25.3. The highest BCUT2D eigenvalue weighted by Gasteiger charge is 2.37. The number of amidine groups is 1. The SMILES string of the molecule is COc1ccc(C(=NC(C)C)N2CCCc3cc(C4=NN(C)C(=O)SC4(C)C)ccc32)c(OC)c1. The van der Waals surface area contributed by atoms with Gasteiger partial charge in [0, 0.05) is 31.4 Å². The molecule has 0 aromatic heterocycles. The molecule has 0 atom stereocenters. The molecule has 0 saturated heterocycles. The van der Waals surface area contributed by atoms with E-state index in [4.69, 9.17) is 14.5 Å². The summed E-state index contributed by atoms with van der Waals surface area (Å²) in [5.41, 5.74) is 5.29. The fraction of sp³-hybridized carbons (Fsp3) is 0.444. The molecule has 186 valence electrons. The Balaban J connectivity index is 1.78. The number of hydrazone groups is 1. The molecule has 0 fully saturated rings. The van der Waals surface area contributed by atoms with Gasteiger partial charge >= 0.3 is 5.24 Å². The van der Waals surface area contributed by atoms with Crippen molar-refractivity contribution >= 4 is 34.2 Å². The lowest BCUT2D eigenvalue weighted by Gasteiger charge is -2.35. The predicted molar refractivity (Wildman–Crippen MR) is 145 cm³/mol. The maximum atomic E-state index is 12.2. The Kier molecular flexibility index (Phi) is 7.12. The monoisotopic (exact) mass is 494 g/mol. The maximum Gasteiger partial charge on any atom is 0.302 e. The van der Waals surface area contributed by atoms with E-state index in [1.165, 1.54) is 22.3 Å². The molecular formula is C27H34N4O3S. The highest BCUT2D eigenvalue weighted by Crippen LogP contribution is 2.38. The number of anilines is 1. The Labute approximate surface area is 212 Å². The number of hydrogen-bond donors (Lipinski definition) is 0. The van der Waals surface area contributed by atoms with Gasteiger partial charge in [-0.15, -0.1) is 0 Å². The van der Waals surface area contributed by atoms with Gasteiger partial charge in [0.15, 0.2) is 0 Å². The number of benzene rings is 2. The molecule has 4 rings (SSSR count). The summed E-state index contributed by atoms with van der Waals surface area (Å²) in [5.74, 6) is 2.37. The minimum Gasteiger partial charge on any atom is -0.497 e. The van der Waals surface area contributed by atoms with Crippen molar-refractivity contribution in [2.24, 2.45) is 10.1 Å². The first-order chi connectivity index (χ1) is 16.6. The molecule has 35 heavy (non-hydrogen) atoms. The average Bonchev–Trinajstić information content (AvgIpc) is 2.83. The third kappa shape index (κ3) is 5.03. The van der Waals surface area contributed by atoms with Crippen LogP contribution in [0.25, 0.3) is 0 Å². The van der Waals surface area contributed by atoms with E-state index in [0.29, 0.717) is 0 Å². The van der Waals surface area contributed by atoms with Crippen molar-refractivity contribution in [3.8, 4) is 11.5 Å². The topological polar surface area (TPSA) is 66.7 Å². The Hall–Kier alpha value is -3.00. The summed E-state index contributed by atoms with van der Waals surface area (Å²) in [6, 6.07) is 12.5. The molecule has 2 aromatic rings. The number of aliphatic imine (C=N–C) groups is 1. The number of hydrogen-bond acceptors (Lipinski definition) is 6. The highest BCUT2D eigenvalue weighted by atomic mass is 32.2. The summed E-state index contributed by atoms with van der Waals surface area (Å²) in [6.07, 6.45) is 1.99. The van der Waals surface area contributed by atoms with Crippen LogP contribution in [0.2, 0.25) is 0 Å². The summed E-state index contributed by atoms with van der Waals surface area (Å²) in [5, 5.41) is 6.02. The average molecular weight is 495 g/mol. The number of carbonyl (C=O) groups is 1. The molecule has 2 aliphatic rings. The molecule has 7 nitrogen and oxygen atoms in total. The molecule has 1 amide bonds. The number of nitrogens with zero attached hydrogens (tertiary/aromatic N) is 4. The highest BCUT2D eigenvalue weighted by molar-refractivity contribution is 8.15. The van der Waals surface area contributed by atoms with Crippen LogP contribution in [0, 0.1) is 0 Å². The molecule has 2 aromatic carbocycles. The molecule has 2 aliphatic heterocycles. The van der Waals surface area contributed by atoms with E-state index in [9.17, 15) is 4.79 Å².